The Labute approximate surface area is 192 Å². The minimum absolute atomic E-state index is 0.118. The van der Waals surface area contributed by atoms with Gasteiger partial charge in [-0.05, 0) is 49.6 Å². The molecule has 2 aromatic rings. The number of rotatable bonds is 6. The van der Waals surface area contributed by atoms with Gasteiger partial charge in [0.25, 0.3) is 0 Å². The summed E-state index contributed by atoms with van der Waals surface area (Å²) >= 11 is 0. The van der Waals surface area contributed by atoms with Crippen molar-refractivity contribution in [3.63, 3.8) is 0 Å². The molecule has 1 aliphatic rings. The van der Waals surface area contributed by atoms with Gasteiger partial charge in [-0.15, -0.1) is 0 Å². The van der Waals surface area contributed by atoms with Crippen molar-refractivity contribution >= 4 is 35.1 Å². The van der Waals surface area contributed by atoms with Crippen molar-refractivity contribution < 1.29 is 23.9 Å². The summed E-state index contributed by atoms with van der Waals surface area (Å²) in [5.74, 6) is -1.21. The Morgan fingerprint density at radius 1 is 0.970 bits per heavy atom. The predicted octanol–water partition coefficient (Wildman–Crippen LogP) is 3.90. The quantitative estimate of drug-likeness (QED) is 0.452. The van der Waals surface area contributed by atoms with Gasteiger partial charge < -0.3 is 25.3 Å². The highest BCUT2D eigenvalue weighted by atomic mass is 16.5. The summed E-state index contributed by atoms with van der Waals surface area (Å²) in [4.78, 5) is 53.8. The van der Waals surface area contributed by atoms with Crippen LogP contribution in [0.2, 0.25) is 0 Å². The summed E-state index contributed by atoms with van der Waals surface area (Å²) in [5, 5.41) is 5.66. The summed E-state index contributed by atoms with van der Waals surface area (Å²) in [6, 6.07) is 6.71. The number of ether oxygens (including phenoxy) is 1. The monoisotopic (exact) mass is 454 g/mol. The van der Waals surface area contributed by atoms with E-state index in [1.165, 1.54) is 14.0 Å². The Morgan fingerprint density at radius 2 is 1.55 bits per heavy atom. The van der Waals surface area contributed by atoms with Gasteiger partial charge in [0.15, 0.2) is 5.78 Å². The molecule has 3 rings (SSSR count). The summed E-state index contributed by atoms with van der Waals surface area (Å²) in [7, 11) is 1.25. The molecule has 0 radical (unpaired) electrons. The van der Waals surface area contributed by atoms with Crippen LogP contribution in [-0.2, 0) is 16.0 Å². The molecule has 0 aliphatic carbocycles. The van der Waals surface area contributed by atoms with Gasteiger partial charge in [-0.3, -0.25) is 9.59 Å². The third kappa shape index (κ3) is 6.00. The molecular weight excluding hydrogens is 424 g/mol. The van der Waals surface area contributed by atoms with Gasteiger partial charge in [0, 0.05) is 37.1 Å². The van der Waals surface area contributed by atoms with Crippen molar-refractivity contribution in [3.05, 3.63) is 46.8 Å². The molecule has 1 fully saturated rings. The first-order valence-electron chi connectivity index (χ1n) is 11.1. The first-order chi connectivity index (χ1) is 15.8. The number of aromatic nitrogens is 1. The molecule has 1 aromatic carbocycles. The fourth-order valence-corrected chi connectivity index (χ4v) is 4.00. The number of carbonyl (C=O) groups excluding carboxylic acids is 4. The minimum atomic E-state index is -0.608. The molecule has 0 unspecified atom stereocenters. The zero-order chi connectivity index (χ0) is 24.0. The van der Waals surface area contributed by atoms with Gasteiger partial charge in [-0.1, -0.05) is 12.8 Å². The van der Waals surface area contributed by atoms with Gasteiger partial charge in [-0.2, -0.15) is 0 Å². The first kappa shape index (κ1) is 24.0. The fourth-order valence-electron chi connectivity index (χ4n) is 4.00. The zero-order valence-electron chi connectivity index (χ0n) is 19.2. The topological polar surface area (TPSA) is 121 Å². The van der Waals surface area contributed by atoms with E-state index in [0.29, 0.717) is 22.6 Å². The second-order valence-corrected chi connectivity index (χ2v) is 8.16. The van der Waals surface area contributed by atoms with Crippen LogP contribution in [0, 0.1) is 6.92 Å². The number of anilines is 2. The van der Waals surface area contributed by atoms with Crippen LogP contribution in [0.5, 0.6) is 0 Å². The SMILES string of the molecule is COC(=O)c1c(CC(=O)Nc2ccc(NC(=O)N3CCCCCC3)cc2)[nH]c(C(C)=O)c1C. The Kier molecular flexibility index (Phi) is 7.87. The largest absolute Gasteiger partial charge is 0.465 e. The molecule has 3 amide bonds. The average Bonchev–Trinajstić information content (AvgIpc) is 2.95. The Balaban J connectivity index is 1.63. The lowest BCUT2D eigenvalue weighted by atomic mass is 10.1. The van der Waals surface area contributed by atoms with Crippen LogP contribution in [0.3, 0.4) is 0 Å². The number of ketones is 1. The maximum atomic E-state index is 12.6. The number of nitrogens with one attached hydrogen (secondary N) is 3. The number of H-pyrrole nitrogens is 1. The Hall–Kier alpha value is -3.62. The third-order valence-corrected chi connectivity index (χ3v) is 5.72. The highest BCUT2D eigenvalue weighted by molar-refractivity contribution is 6.02. The van der Waals surface area contributed by atoms with Gasteiger partial charge in [-0.25, -0.2) is 9.59 Å². The van der Waals surface area contributed by atoms with Crippen molar-refractivity contribution in [2.45, 2.75) is 46.0 Å². The highest BCUT2D eigenvalue weighted by Crippen LogP contribution is 2.22. The normalized spacial score (nSPS) is 13.7. The lowest BCUT2D eigenvalue weighted by Crippen LogP contribution is -2.35. The molecule has 3 N–H and O–H groups in total. The van der Waals surface area contributed by atoms with E-state index in [2.05, 4.69) is 15.6 Å². The lowest BCUT2D eigenvalue weighted by Gasteiger charge is -2.20. The number of nitrogens with zero attached hydrogens (tertiary/aromatic N) is 1. The number of Topliss-reactive ketones (excluding diaryl/α,β-unsaturated/α-hetero) is 1. The molecular formula is C24H30N4O5. The van der Waals surface area contributed by atoms with Crippen molar-refractivity contribution in [1.82, 2.24) is 9.88 Å². The van der Waals surface area contributed by atoms with Crippen LogP contribution < -0.4 is 10.6 Å². The van der Waals surface area contributed by atoms with Crippen molar-refractivity contribution in [1.29, 1.82) is 0 Å². The van der Waals surface area contributed by atoms with Crippen LogP contribution >= 0.6 is 0 Å². The number of aromatic amines is 1. The number of hydrogen-bond donors (Lipinski definition) is 3. The third-order valence-electron chi connectivity index (χ3n) is 5.72. The van der Waals surface area contributed by atoms with Crippen molar-refractivity contribution in [2.75, 3.05) is 30.8 Å². The van der Waals surface area contributed by atoms with Crippen LogP contribution in [-0.4, -0.2) is 53.8 Å². The average molecular weight is 455 g/mol. The number of hydrogen-bond acceptors (Lipinski definition) is 5. The fraction of sp³-hybridized carbons (Fsp3) is 0.417. The molecule has 0 bridgehead atoms. The van der Waals surface area contributed by atoms with E-state index in [9.17, 15) is 19.2 Å². The maximum Gasteiger partial charge on any atom is 0.339 e. The summed E-state index contributed by atoms with van der Waals surface area (Å²) < 4.78 is 4.81. The van der Waals surface area contributed by atoms with Crippen LogP contribution in [0.4, 0.5) is 16.2 Å². The van der Waals surface area contributed by atoms with Crippen molar-refractivity contribution in [3.8, 4) is 0 Å². The molecule has 1 aliphatic heterocycles. The van der Waals surface area contributed by atoms with E-state index < -0.39 is 5.97 Å². The molecule has 1 saturated heterocycles. The van der Waals surface area contributed by atoms with E-state index in [1.807, 2.05) is 4.90 Å². The van der Waals surface area contributed by atoms with E-state index >= 15 is 0 Å². The first-order valence-corrected chi connectivity index (χ1v) is 11.1. The molecule has 176 valence electrons. The predicted molar refractivity (Wildman–Crippen MR) is 125 cm³/mol. The van der Waals surface area contributed by atoms with E-state index in [0.717, 1.165) is 38.8 Å². The number of methoxy groups -OCH3 is 1. The minimum Gasteiger partial charge on any atom is -0.465 e. The van der Waals surface area contributed by atoms with Crippen molar-refractivity contribution in [2.24, 2.45) is 0 Å². The molecule has 9 nitrogen and oxygen atoms in total. The van der Waals surface area contributed by atoms with Crippen LogP contribution in [0.25, 0.3) is 0 Å². The van der Waals surface area contributed by atoms with Gasteiger partial charge >= 0.3 is 12.0 Å². The molecule has 33 heavy (non-hydrogen) atoms. The smallest absolute Gasteiger partial charge is 0.339 e. The number of urea groups is 1. The van der Waals surface area contributed by atoms with Gasteiger partial charge in [0.05, 0.1) is 24.8 Å². The standard InChI is InChI=1S/C24H30N4O5/c1-15-21(23(31)33-3)19(27-22(15)16(2)29)14-20(30)25-17-8-10-18(11-9-17)26-24(32)28-12-6-4-5-7-13-28/h8-11,27H,4-7,12-14H2,1-3H3,(H,25,30)(H,26,32). The lowest BCUT2D eigenvalue weighted by molar-refractivity contribution is -0.115. The molecule has 1 aromatic heterocycles. The highest BCUT2D eigenvalue weighted by Gasteiger charge is 2.24. The second-order valence-electron chi connectivity index (χ2n) is 8.16. The Bertz CT molecular complexity index is 1030. The summed E-state index contributed by atoms with van der Waals surface area (Å²) in [5.41, 5.74) is 2.45. The second kappa shape index (κ2) is 10.8. The molecule has 0 saturated carbocycles. The van der Waals surface area contributed by atoms with Gasteiger partial charge in [0.2, 0.25) is 5.91 Å². The maximum absolute atomic E-state index is 12.6. The van der Waals surface area contributed by atoms with Crippen LogP contribution in [0.15, 0.2) is 24.3 Å². The van der Waals surface area contributed by atoms with E-state index in [-0.39, 0.29) is 35.4 Å². The summed E-state index contributed by atoms with van der Waals surface area (Å²) in [6.45, 7) is 4.55. The molecule has 9 heteroatoms. The molecule has 2 heterocycles. The van der Waals surface area contributed by atoms with Gasteiger partial charge in [0.1, 0.15) is 0 Å². The zero-order valence-corrected chi connectivity index (χ0v) is 19.2. The number of carbonyl (C=O) groups is 4. The summed E-state index contributed by atoms with van der Waals surface area (Å²) in [6.07, 6.45) is 4.20. The number of likely N-dealkylation sites (tertiary alicyclic amines) is 1. The van der Waals surface area contributed by atoms with Crippen LogP contribution in [0.1, 0.15) is 64.7 Å². The number of amides is 3. The number of esters is 1. The van der Waals surface area contributed by atoms with E-state index in [4.69, 9.17) is 4.74 Å². The van der Waals surface area contributed by atoms with E-state index in [1.54, 1.807) is 31.2 Å². The molecule has 0 atom stereocenters. The number of benzene rings is 1. The molecule has 0 spiro atoms. The Morgan fingerprint density at radius 3 is 2.09 bits per heavy atom.